The van der Waals surface area contributed by atoms with Gasteiger partial charge in [0, 0.05) is 34.9 Å². The zero-order valence-electron chi connectivity index (χ0n) is 13.8. The average molecular weight is 377 g/mol. The summed E-state index contributed by atoms with van der Waals surface area (Å²) in [7, 11) is 0. The van der Waals surface area contributed by atoms with Crippen molar-refractivity contribution in [3.05, 3.63) is 58.1 Å². The smallest absolute Gasteiger partial charge is 0.247 e. The van der Waals surface area contributed by atoms with E-state index < -0.39 is 0 Å². The van der Waals surface area contributed by atoms with E-state index in [0.717, 1.165) is 24.1 Å². The van der Waals surface area contributed by atoms with Crippen LogP contribution >= 0.6 is 23.2 Å². The van der Waals surface area contributed by atoms with Gasteiger partial charge in [-0.25, -0.2) is 0 Å². The fourth-order valence-electron chi connectivity index (χ4n) is 3.09. The van der Waals surface area contributed by atoms with Gasteiger partial charge in [0.15, 0.2) is 0 Å². The molecule has 0 radical (unpaired) electrons. The molecule has 3 rings (SSSR count). The van der Waals surface area contributed by atoms with E-state index in [1.54, 1.807) is 23.1 Å². The molecule has 0 bridgehead atoms. The second-order valence-corrected chi connectivity index (χ2v) is 6.88. The van der Waals surface area contributed by atoms with E-state index in [-0.39, 0.29) is 18.4 Å². The number of halogens is 2. The summed E-state index contributed by atoms with van der Waals surface area (Å²) in [5, 5.41) is 0.842. The van der Waals surface area contributed by atoms with Gasteiger partial charge < -0.3 is 9.80 Å². The first-order chi connectivity index (χ1) is 12.0. The minimum atomic E-state index is -0.239. The average Bonchev–Trinajstić information content (AvgIpc) is 2.57. The molecular weight excluding hydrogens is 359 g/mol. The van der Waals surface area contributed by atoms with Crippen LogP contribution in [0.15, 0.2) is 42.5 Å². The second-order valence-electron chi connectivity index (χ2n) is 6.01. The van der Waals surface area contributed by atoms with Crippen LogP contribution in [0.2, 0.25) is 10.0 Å². The highest BCUT2D eigenvalue weighted by Gasteiger charge is 2.25. The maximum absolute atomic E-state index is 12.9. The molecule has 2 aromatic rings. The zero-order valence-corrected chi connectivity index (χ0v) is 15.3. The van der Waals surface area contributed by atoms with Gasteiger partial charge >= 0.3 is 0 Å². The Balaban J connectivity index is 1.86. The first-order valence-electron chi connectivity index (χ1n) is 8.08. The van der Waals surface area contributed by atoms with E-state index in [9.17, 15) is 9.59 Å². The summed E-state index contributed by atoms with van der Waals surface area (Å²) in [6, 6.07) is 12.7. The minimum absolute atomic E-state index is 0.0552. The van der Waals surface area contributed by atoms with Gasteiger partial charge in [0.1, 0.15) is 6.54 Å². The Morgan fingerprint density at radius 1 is 1.12 bits per heavy atom. The number of nitrogens with zero attached hydrogens (tertiary/aromatic N) is 2. The molecule has 1 heterocycles. The molecule has 0 aromatic heterocycles. The number of carbonyl (C=O) groups excluding carboxylic acids is 2. The largest absolute Gasteiger partial charge is 0.311 e. The molecule has 130 valence electrons. The fraction of sp³-hybridized carbons (Fsp3) is 0.263. The topological polar surface area (TPSA) is 40.6 Å². The summed E-state index contributed by atoms with van der Waals surface area (Å²) in [5.74, 6) is -0.365. The standard InChI is InChI=1S/C19H18Cl2N2O2/c1-13(24)23(17-10-15(20)9-16(21)11-17)12-19(25)22-8-4-6-14-5-2-3-7-18(14)22/h2-3,5,7,9-11H,4,6,8,12H2,1H3. The van der Waals surface area contributed by atoms with Crippen LogP contribution in [0.5, 0.6) is 0 Å². The van der Waals surface area contributed by atoms with Crippen LogP contribution in [0.1, 0.15) is 18.9 Å². The van der Waals surface area contributed by atoms with Crippen LogP contribution in [0.4, 0.5) is 11.4 Å². The molecule has 1 aliphatic rings. The van der Waals surface area contributed by atoms with Crippen LogP contribution in [0.3, 0.4) is 0 Å². The lowest BCUT2D eigenvalue weighted by atomic mass is 10.0. The number of anilines is 2. The SMILES string of the molecule is CC(=O)N(CC(=O)N1CCCc2ccccc21)c1cc(Cl)cc(Cl)c1. The monoisotopic (exact) mass is 376 g/mol. The molecule has 6 heteroatoms. The summed E-state index contributed by atoms with van der Waals surface area (Å²) < 4.78 is 0. The summed E-state index contributed by atoms with van der Waals surface area (Å²) in [6.07, 6.45) is 1.87. The van der Waals surface area contributed by atoms with Gasteiger partial charge in [-0.1, -0.05) is 41.4 Å². The predicted molar refractivity (Wildman–Crippen MR) is 102 cm³/mol. The number of amides is 2. The quantitative estimate of drug-likeness (QED) is 0.799. The summed E-state index contributed by atoms with van der Waals surface area (Å²) in [6.45, 7) is 2.02. The highest BCUT2D eigenvalue weighted by molar-refractivity contribution is 6.35. The van der Waals surface area contributed by atoms with Crippen molar-refractivity contribution in [2.24, 2.45) is 0 Å². The zero-order chi connectivity index (χ0) is 18.0. The van der Waals surface area contributed by atoms with Crippen LogP contribution < -0.4 is 9.80 Å². The van der Waals surface area contributed by atoms with Crippen molar-refractivity contribution in [2.45, 2.75) is 19.8 Å². The highest BCUT2D eigenvalue weighted by Crippen LogP contribution is 2.28. The van der Waals surface area contributed by atoms with Crippen molar-refractivity contribution in [1.29, 1.82) is 0 Å². The third kappa shape index (κ3) is 3.97. The maximum Gasteiger partial charge on any atom is 0.247 e. The molecule has 0 fully saturated rings. The van der Waals surface area contributed by atoms with Gasteiger partial charge in [-0.15, -0.1) is 0 Å². The van der Waals surface area contributed by atoms with Crippen molar-refractivity contribution in [1.82, 2.24) is 0 Å². The number of carbonyl (C=O) groups is 2. The van der Waals surface area contributed by atoms with Crippen molar-refractivity contribution < 1.29 is 9.59 Å². The lowest BCUT2D eigenvalue weighted by Crippen LogP contribution is -2.44. The minimum Gasteiger partial charge on any atom is -0.311 e. The highest BCUT2D eigenvalue weighted by atomic mass is 35.5. The fourth-order valence-corrected chi connectivity index (χ4v) is 3.61. The van der Waals surface area contributed by atoms with Crippen LogP contribution in [0.25, 0.3) is 0 Å². The molecule has 0 spiro atoms. The third-order valence-corrected chi connectivity index (χ3v) is 4.68. The Kier molecular flexibility index (Phi) is 5.30. The van der Waals surface area contributed by atoms with E-state index in [2.05, 4.69) is 0 Å². The summed E-state index contributed by atoms with van der Waals surface area (Å²) >= 11 is 12.1. The molecule has 0 saturated carbocycles. The molecule has 0 unspecified atom stereocenters. The molecule has 25 heavy (non-hydrogen) atoms. The van der Waals surface area contributed by atoms with E-state index in [1.807, 2.05) is 24.3 Å². The van der Waals surface area contributed by atoms with Crippen molar-refractivity contribution in [2.75, 3.05) is 22.9 Å². The van der Waals surface area contributed by atoms with Crippen LogP contribution in [0, 0.1) is 0 Å². The molecular formula is C19H18Cl2N2O2. The van der Waals surface area contributed by atoms with Gasteiger partial charge in [0.25, 0.3) is 0 Å². The molecule has 2 amide bonds. The molecule has 0 atom stereocenters. The Morgan fingerprint density at radius 2 is 1.80 bits per heavy atom. The van der Waals surface area contributed by atoms with Gasteiger partial charge in [0.05, 0.1) is 0 Å². The van der Waals surface area contributed by atoms with Crippen LogP contribution in [-0.2, 0) is 16.0 Å². The van der Waals surface area contributed by atoms with Crippen molar-refractivity contribution in [3.8, 4) is 0 Å². The number of benzene rings is 2. The number of fused-ring (bicyclic) bond motifs is 1. The first kappa shape index (κ1) is 17.8. The maximum atomic E-state index is 12.9. The number of hydrogen-bond acceptors (Lipinski definition) is 2. The molecule has 0 saturated heterocycles. The third-order valence-electron chi connectivity index (χ3n) is 4.24. The number of aryl methyl sites for hydroxylation is 1. The molecule has 4 nitrogen and oxygen atoms in total. The molecule has 0 aliphatic carbocycles. The Bertz CT molecular complexity index is 803. The lowest BCUT2D eigenvalue weighted by Gasteiger charge is -2.31. The summed E-state index contributed by atoms with van der Waals surface area (Å²) in [4.78, 5) is 28.1. The Hall–Kier alpha value is -2.04. The number of rotatable bonds is 3. The number of para-hydroxylation sites is 1. The van der Waals surface area contributed by atoms with E-state index in [0.29, 0.717) is 22.3 Å². The molecule has 2 aromatic carbocycles. The van der Waals surface area contributed by atoms with Gasteiger partial charge in [0.2, 0.25) is 11.8 Å². The molecule has 0 N–H and O–H groups in total. The van der Waals surface area contributed by atoms with Crippen molar-refractivity contribution in [3.63, 3.8) is 0 Å². The predicted octanol–water partition coefficient (Wildman–Crippen LogP) is 4.33. The number of hydrogen-bond donors (Lipinski definition) is 0. The van der Waals surface area contributed by atoms with E-state index >= 15 is 0 Å². The normalized spacial score (nSPS) is 13.3. The lowest BCUT2D eigenvalue weighted by molar-refractivity contribution is -0.121. The Labute approximate surface area is 156 Å². The van der Waals surface area contributed by atoms with Crippen LogP contribution in [-0.4, -0.2) is 24.9 Å². The van der Waals surface area contributed by atoms with Gasteiger partial charge in [-0.05, 0) is 42.7 Å². The van der Waals surface area contributed by atoms with Crippen molar-refractivity contribution >= 4 is 46.4 Å². The second kappa shape index (κ2) is 7.46. The first-order valence-corrected chi connectivity index (χ1v) is 8.84. The van der Waals surface area contributed by atoms with E-state index in [4.69, 9.17) is 23.2 Å². The van der Waals surface area contributed by atoms with Gasteiger partial charge in [-0.3, -0.25) is 9.59 Å². The van der Waals surface area contributed by atoms with Gasteiger partial charge in [-0.2, -0.15) is 0 Å². The molecule has 1 aliphatic heterocycles. The summed E-state index contributed by atoms with van der Waals surface area (Å²) in [5.41, 5.74) is 2.59. The Morgan fingerprint density at radius 3 is 2.48 bits per heavy atom. The van der Waals surface area contributed by atoms with E-state index in [1.165, 1.54) is 11.8 Å².